The van der Waals surface area contributed by atoms with Gasteiger partial charge in [-0.25, -0.2) is 4.79 Å². The molecule has 8 nitrogen and oxygen atoms in total. The number of ether oxygens (including phenoxy) is 1. The van der Waals surface area contributed by atoms with Crippen LogP contribution in [0, 0.1) is 10.1 Å². The number of aromatic nitrogens is 2. The minimum atomic E-state index is -0.832. The summed E-state index contributed by atoms with van der Waals surface area (Å²) < 4.78 is 4.93. The first-order chi connectivity index (χ1) is 9.08. The quantitative estimate of drug-likeness (QED) is 0.383. The van der Waals surface area contributed by atoms with Crippen LogP contribution in [0.25, 0.3) is 0 Å². The Morgan fingerprint density at radius 1 is 1.26 bits per heavy atom. The van der Waals surface area contributed by atoms with Gasteiger partial charge in [0.25, 0.3) is 5.69 Å². The van der Waals surface area contributed by atoms with Crippen LogP contribution in [0.2, 0.25) is 0 Å². The zero-order valence-corrected chi connectivity index (χ0v) is 9.39. The van der Waals surface area contributed by atoms with Gasteiger partial charge in [0.2, 0.25) is 5.88 Å². The van der Waals surface area contributed by atoms with Crippen LogP contribution in [0.15, 0.2) is 36.5 Å². The molecule has 0 aliphatic heterocycles. The molecule has 1 heterocycles. The maximum absolute atomic E-state index is 11.7. The Morgan fingerprint density at radius 2 is 1.95 bits per heavy atom. The highest BCUT2D eigenvalue weighted by molar-refractivity contribution is 5.93. The molecule has 0 atom stereocenters. The highest BCUT2D eigenvalue weighted by Crippen LogP contribution is 2.19. The van der Waals surface area contributed by atoms with Gasteiger partial charge >= 0.3 is 5.97 Å². The first-order valence-electron chi connectivity index (χ1n) is 5.05. The monoisotopic (exact) mass is 261 g/mol. The molecule has 1 aromatic carbocycles. The molecule has 19 heavy (non-hydrogen) atoms. The normalized spacial score (nSPS) is 9.89. The number of esters is 1. The number of rotatable bonds is 3. The minimum Gasteiger partial charge on any atom is -0.492 e. The van der Waals surface area contributed by atoms with E-state index in [1.807, 2.05) is 0 Å². The van der Waals surface area contributed by atoms with Crippen LogP contribution >= 0.6 is 0 Å². The van der Waals surface area contributed by atoms with Crippen LogP contribution in [0.4, 0.5) is 5.69 Å². The van der Waals surface area contributed by atoms with Gasteiger partial charge in [0, 0.05) is 12.1 Å². The predicted molar refractivity (Wildman–Crippen MR) is 61.8 cm³/mol. The second-order valence-electron chi connectivity index (χ2n) is 3.41. The summed E-state index contributed by atoms with van der Waals surface area (Å²) in [6.45, 7) is 0. The molecule has 0 aliphatic carbocycles. The molecule has 1 N–H and O–H groups in total. The maximum atomic E-state index is 11.7. The van der Waals surface area contributed by atoms with Crippen molar-refractivity contribution in [3.05, 3.63) is 52.2 Å². The standard InChI is InChI=1S/C11H7N3O5/c15-10-9(5-6-12-13-10)11(16)19-8-3-1-7(2-4-8)14(17)18/h1-6H,(H,13,15). The summed E-state index contributed by atoms with van der Waals surface area (Å²) in [5, 5.41) is 26.4. The van der Waals surface area contributed by atoms with Crippen molar-refractivity contribution in [2.75, 3.05) is 0 Å². The van der Waals surface area contributed by atoms with Crippen LogP contribution in [0.1, 0.15) is 10.4 Å². The van der Waals surface area contributed by atoms with Crippen molar-refractivity contribution in [1.82, 2.24) is 10.2 Å². The SMILES string of the molecule is O=C(Oc1ccc([N+](=O)[O-])cc1)c1ccnnc1O. The third-order valence-electron chi connectivity index (χ3n) is 2.18. The molecule has 0 aliphatic rings. The number of aromatic hydroxyl groups is 1. The van der Waals surface area contributed by atoms with Gasteiger partial charge in [-0.05, 0) is 18.2 Å². The molecule has 0 saturated carbocycles. The molecule has 1 aromatic heterocycles. The fourth-order valence-electron chi connectivity index (χ4n) is 1.28. The van der Waals surface area contributed by atoms with E-state index >= 15 is 0 Å². The van der Waals surface area contributed by atoms with E-state index in [9.17, 15) is 20.0 Å². The van der Waals surface area contributed by atoms with Gasteiger partial charge < -0.3 is 9.84 Å². The van der Waals surface area contributed by atoms with Crippen molar-refractivity contribution in [1.29, 1.82) is 0 Å². The molecule has 0 fully saturated rings. The lowest BCUT2D eigenvalue weighted by Crippen LogP contribution is -2.09. The highest BCUT2D eigenvalue weighted by atomic mass is 16.6. The Hall–Kier alpha value is -3.03. The lowest BCUT2D eigenvalue weighted by atomic mass is 10.3. The van der Waals surface area contributed by atoms with E-state index in [1.165, 1.54) is 36.5 Å². The molecule has 0 unspecified atom stereocenters. The molecular weight excluding hydrogens is 254 g/mol. The van der Waals surface area contributed by atoms with E-state index in [-0.39, 0.29) is 17.0 Å². The summed E-state index contributed by atoms with van der Waals surface area (Å²) in [6.07, 6.45) is 1.23. The summed E-state index contributed by atoms with van der Waals surface area (Å²) in [7, 11) is 0. The van der Waals surface area contributed by atoms with Crippen molar-refractivity contribution in [3.8, 4) is 11.6 Å². The number of non-ortho nitro benzene ring substituents is 1. The molecule has 8 heteroatoms. The average molecular weight is 261 g/mol. The van der Waals surface area contributed by atoms with E-state index < -0.39 is 16.8 Å². The van der Waals surface area contributed by atoms with Crippen LogP contribution in [0.3, 0.4) is 0 Å². The van der Waals surface area contributed by atoms with Gasteiger partial charge in [-0.1, -0.05) is 0 Å². The van der Waals surface area contributed by atoms with Crippen molar-refractivity contribution in [2.24, 2.45) is 0 Å². The van der Waals surface area contributed by atoms with Gasteiger partial charge in [-0.15, -0.1) is 5.10 Å². The van der Waals surface area contributed by atoms with Crippen LogP contribution < -0.4 is 4.74 Å². The smallest absolute Gasteiger partial charge is 0.349 e. The maximum Gasteiger partial charge on any atom is 0.349 e. The third-order valence-corrected chi connectivity index (χ3v) is 2.18. The van der Waals surface area contributed by atoms with Crippen LogP contribution in [0.5, 0.6) is 11.6 Å². The lowest BCUT2D eigenvalue weighted by Gasteiger charge is -2.04. The topological polar surface area (TPSA) is 115 Å². The number of carbonyl (C=O) groups is 1. The number of nitro benzene ring substituents is 1. The average Bonchev–Trinajstić information content (AvgIpc) is 2.39. The van der Waals surface area contributed by atoms with Gasteiger partial charge in [0.1, 0.15) is 11.3 Å². The van der Waals surface area contributed by atoms with E-state index in [2.05, 4.69) is 10.2 Å². The van der Waals surface area contributed by atoms with Crippen LogP contribution in [-0.4, -0.2) is 26.2 Å². The van der Waals surface area contributed by atoms with Gasteiger partial charge in [-0.2, -0.15) is 5.10 Å². The molecule has 0 amide bonds. The molecular formula is C11H7N3O5. The molecule has 96 valence electrons. The number of benzene rings is 1. The Balaban J connectivity index is 2.15. The Kier molecular flexibility index (Phi) is 3.33. The third kappa shape index (κ3) is 2.80. The van der Waals surface area contributed by atoms with E-state index in [0.717, 1.165) is 0 Å². The number of nitrogens with zero attached hydrogens (tertiary/aromatic N) is 3. The first-order valence-corrected chi connectivity index (χ1v) is 5.05. The summed E-state index contributed by atoms with van der Waals surface area (Å²) >= 11 is 0. The Labute approximate surface area is 106 Å². The van der Waals surface area contributed by atoms with E-state index in [4.69, 9.17) is 4.74 Å². The molecule has 0 saturated heterocycles. The highest BCUT2D eigenvalue weighted by Gasteiger charge is 2.15. The zero-order chi connectivity index (χ0) is 13.8. The second-order valence-corrected chi connectivity index (χ2v) is 3.41. The summed E-state index contributed by atoms with van der Waals surface area (Å²) in [4.78, 5) is 21.6. The summed E-state index contributed by atoms with van der Waals surface area (Å²) in [5.74, 6) is -1.26. The summed E-state index contributed by atoms with van der Waals surface area (Å²) in [6, 6.07) is 6.21. The fraction of sp³-hybridized carbons (Fsp3) is 0. The lowest BCUT2D eigenvalue weighted by molar-refractivity contribution is -0.384. The number of carbonyl (C=O) groups excluding carboxylic acids is 1. The van der Waals surface area contributed by atoms with E-state index in [0.29, 0.717) is 0 Å². The van der Waals surface area contributed by atoms with Gasteiger partial charge in [0.15, 0.2) is 0 Å². The summed E-state index contributed by atoms with van der Waals surface area (Å²) in [5.41, 5.74) is -0.262. The molecule has 0 bridgehead atoms. The largest absolute Gasteiger partial charge is 0.492 e. The zero-order valence-electron chi connectivity index (χ0n) is 9.39. The van der Waals surface area contributed by atoms with Gasteiger partial charge in [-0.3, -0.25) is 10.1 Å². The van der Waals surface area contributed by atoms with E-state index in [1.54, 1.807) is 0 Å². The predicted octanol–water partition coefficient (Wildman–Crippen LogP) is 1.31. The van der Waals surface area contributed by atoms with Gasteiger partial charge in [0.05, 0.1) is 11.1 Å². The number of nitro groups is 1. The van der Waals surface area contributed by atoms with Crippen molar-refractivity contribution < 1.29 is 19.6 Å². The first kappa shape index (κ1) is 12.4. The number of hydrogen-bond acceptors (Lipinski definition) is 7. The minimum absolute atomic E-state index is 0.117. The Bertz CT molecular complexity index is 626. The fourth-order valence-corrected chi connectivity index (χ4v) is 1.28. The Morgan fingerprint density at radius 3 is 2.53 bits per heavy atom. The van der Waals surface area contributed by atoms with Crippen molar-refractivity contribution >= 4 is 11.7 Å². The molecule has 0 spiro atoms. The molecule has 2 aromatic rings. The molecule has 2 rings (SSSR count). The van der Waals surface area contributed by atoms with Crippen molar-refractivity contribution in [2.45, 2.75) is 0 Å². The van der Waals surface area contributed by atoms with Crippen LogP contribution in [-0.2, 0) is 0 Å². The molecule has 0 radical (unpaired) electrons. The second kappa shape index (κ2) is 5.08. The van der Waals surface area contributed by atoms with Crippen molar-refractivity contribution in [3.63, 3.8) is 0 Å². The number of hydrogen-bond donors (Lipinski definition) is 1.